The van der Waals surface area contributed by atoms with Gasteiger partial charge in [-0.1, -0.05) is 0 Å². The SMILES string of the molecule is COc1ccc2[nH]c(=S)n(-c3ccc(Br)c(OC)c3)c2n1. The van der Waals surface area contributed by atoms with Gasteiger partial charge in [-0.05, 0) is 46.3 Å². The largest absolute Gasteiger partial charge is 0.495 e. The second kappa shape index (κ2) is 5.50. The third kappa shape index (κ3) is 2.43. The number of ether oxygens (including phenoxy) is 2. The van der Waals surface area contributed by atoms with E-state index in [0.717, 1.165) is 21.4 Å². The van der Waals surface area contributed by atoms with E-state index in [2.05, 4.69) is 25.9 Å². The molecule has 5 nitrogen and oxygen atoms in total. The Hall–Kier alpha value is -1.86. The van der Waals surface area contributed by atoms with Crippen molar-refractivity contribution in [3.63, 3.8) is 0 Å². The van der Waals surface area contributed by atoms with Gasteiger partial charge in [0.2, 0.25) is 5.88 Å². The van der Waals surface area contributed by atoms with Crippen LogP contribution in [-0.4, -0.2) is 28.8 Å². The number of pyridine rings is 1. The lowest BCUT2D eigenvalue weighted by molar-refractivity contribution is 0.399. The highest BCUT2D eigenvalue weighted by Gasteiger charge is 2.11. The second-order valence-corrected chi connectivity index (χ2v) is 5.55. The first kappa shape index (κ1) is 14.1. The number of aromatic amines is 1. The van der Waals surface area contributed by atoms with Crippen LogP contribution in [0.2, 0.25) is 0 Å². The van der Waals surface area contributed by atoms with E-state index in [0.29, 0.717) is 16.3 Å². The number of benzene rings is 1. The summed E-state index contributed by atoms with van der Waals surface area (Å²) in [5.74, 6) is 1.26. The van der Waals surface area contributed by atoms with Crippen molar-refractivity contribution in [3.05, 3.63) is 39.6 Å². The zero-order valence-corrected chi connectivity index (χ0v) is 13.8. The summed E-state index contributed by atoms with van der Waals surface area (Å²) in [5.41, 5.74) is 2.43. The Balaban J connectivity index is 2.28. The number of fused-ring (bicyclic) bond motifs is 1. The summed E-state index contributed by atoms with van der Waals surface area (Å²) in [4.78, 5) is 7.60. The smallest absolute Gasteiger partial charge is 0.215 e. The quantitative estimate of drug-likeness (QED) is 0.716. The molecule has 0 saturated heterocycles. The van der Waals surface area contributed by atoms with Crippen molar-refractivity contribution in [1.29, 1.82) is 0 Å². The molecule has 7 heteroatoms. The van der Waals surface area contributed by atoms with E-state index in [1.807, 2.05) is 28.8 Å². The van der Waals surface area contributed by atoms with E-state index < -0.39 is 0 Å². The third-order valence-electron chi connectivity index (χ3n) is 3.11. The van der Waals surface area contributed by atoms with Crippen LogP contribution in [0.5, 0.6) is 11.6 Å². The highest BCUT2D eigenvalue weighted by molar-refractivity contribution is 9.10. The van der Waals surface area contributed by atoms with Crippen LogP contribution in [0, 0.1) is 4.77 Å². The van der Waals surface area contributed by atoms with E-state index in [4.69, 9.17) is 21.7 Å². The number of hydrogen-bond acceptors (Lipinski definition) is 4. The molecule has 0 atom stereocenters. The van der Waals surface area contributed by atoms with Crippen LogP contribution in [0.15, 0.2) is 34.8 Å². The van der Waals surface area contributed by atoms with Crippen molar-refractivity contribution in [3.8, 4) is 17.3 Å². The molecule has 3 rings (SSSR count). The Labute approximate surface area is 134 Å². The van der Waals surface area contributed by atoms with E-state index in [9.17, 15) is 0 Å². The van der Waals surface area contributed by atoms with Crippen LogP contribution in [0.25, 0.3) is 16.9 Å². The van der Waals surface area contributed by atoms with Crippen LogP contribution < -0.4 is 9.47 Å². The first-order valence-electron chi connectivity index (χ1n) is 6.13. The minimum atomic E-state index is 0.536. The van der Waals surface area contributed by atoms with Crippen LogP contribution in [0.1, 0.15) is 0 Å². The Kier molecular flexibility index (Phi) is 3.69. The van der Waals surface area contributed by atoms with E-state index in [-0.39, 0.29) is 0 Å². The Morgan fingerprint density at radius 2 is 2.00 bits per heavy atom. The zero-order chi connectivity index (χ0) is 15.0. The van der Waals surface area contributed by atoms with Gasteiger partial charge < -0.3 is 14.5 Å². The maximum Gasteiger partial charge on any atom is 0.215 e. The molecule has 2 heterocycles. The molecule has 21 heavy (non-hydrogen) atoms. The number of aromatic nitrogens is 3. The van der Waals surface area contributed by atoms with Gasteiger partial charge in [0.25, 0.3) is 0 Å². The minimum Gasteiger partial charge on any atom is -0.495 e. The van der Waals surface area contributed by atoms with E-state index in [1.54, 1.807) is 20.3 Å². The molecule has 0 spiro atoms. The van der Waals surface area contributed by atoms with Crippen LogP contribution in [0.3, 0.4) is 0 Å². The minimum absolute atomic E-state index is 0.536. The summed E-state index contributed by atoms with van der Waals surface area (Å²) < 4.78 is 13.8. The van der Waals surface area contributed by atoms with Gasteiger partial charge in [-0.2, -0.15) is 4.98 Å². The number of methoxy groups -OCH3 is 2. The van der Waals surface area contributed by atoms with Crippen molar-refractivity contribution < 1.29 is 9.47 Å². The highest BCUT2D eigenvalue weighted by Crippen LogP contribution is 2.29. The Bertz CT molecular complexity index is 872. The molecule has 0 radical (unpaired) electrons. The topological polar surface area (TPSA) is 52.1 Å². The van der Waals surface area contributed by atoms with Crippen molar-refractivity contribution in [2.45, 2.75) is 0 Å². The molecule has 0 amide bonds. The fourth-order valence-corrected chi connectivity index (χ4v) is 2.82. The molecule has 0 aliphatic rings. The maximum absolute atomic E-state index is 5.40. The molecule has 0 unspecified atom stereocenters. The summed E-state index contributed by atoms with van der Waals surface area (Å²) in [5, 5.41) is 0. The number of H-pyrrole nitrogens is 1. The molecule has 0 fully saturated rings. The first-order chi connectivity index (χ1) is 10.1. The van der Waals surface area contributed by atoms with Crippen LogP contribution in [-0.2, 0) is 0 Å². The molecule has 108 valence electrons. The second-order valence-electron chi connectivity index (χ2n) is 4.31. The normalized spacial score (nSPS) is 10.8. The summed E-state index contributed by atoms with van der Waals surface area (Å²) in [7, 11) is 3.21. The van der Waals surface area contributed by atoms with Crippen molar-refractivity contribution >= 4 is 39.3 Å². The lowest BCUT2D eigenvalue weighted by Gasteiger charge is -2.08. The fraction of sp³-hybridized carbons (Fsp3) is 0.143. The van der Waals surface area contributed by atoms with Gasteiger partial charge >= 0.3 is 0 Å². The van der Waals surface area contributed by atoms with Gasteiger partial charge in [-0.25, -0.2) is 0 Å². The molecule has 2 aromatic heterocycles. The standard InChI is InChI=1S/C14H12BrN3O2S/c1-19-11-7-8(3-4-9(11)15)18-13-10(16-14(18)21)5-6-12(17-13)20-2/h3-7H,1-2H3,(H,16,21). The molecular formula is C14H12BrN3O2S. The third-order valence-corrected chi connectivity index (χ3v) is 4.05. The molecule has 0 saturated carbocycles. The summed E-state index contributed by atoms with van der Waals surface area (Å²) >= 11 is 8.84. The molecule has 3 aromatic rings. The fourth-order valence-electron chi connectivity index (χ4n) is 2.11. The lowest BCUT2D eigenvalue weighted by atomic mass is 10.3. The van der Waals surface area contributed by atoms with E-state index >= 15 is 0 Å². The molecule has 1 N–H and O–H groups in total. The van der Waals surface area contributed by atoms with Crippen molar-refractivity contribution in [2.75, 3.05) is 14.2 Å². The van der Waals surface area contributed by atoms with E-state index in [1.165, 1.54) is 0 Å². The predicted molar refractivity (Wildman–Crippen MR) is 87.1 cm³/mol. The maximum atomic E-state index is 5.40. The first-order valence-corrected chi connectivity index (χ1v) is 7.34. The molecule has 0 aliphatic heterocycles. The van der Waals surface area contributed by atoms with Gasteiger partial charge in [-0.3, -0.25) is 4.57 Å². The van der Waals surface area contributed by atoms with Crippen molar-refractivity contribution in [2.24, 2.45) is 0 Å². The van der Waals surface area contributed by atoms with Gasteiger partial charge in [-0.15, -0.1) is 0 Å². The number of nitrogens with zero attached hydrogens (tertiary/aromatic N) is 2. The van der Waals surface area contributed by atoms with Crippen LogP contribution >= 0.6 is 28.1 Å². The number of nitrogens with one attached hydrogen (secondary N) is 1. The van der Waals surface area contributed by atoms with Gasteiger partial charge in [0.1, 0.15) is 5.75 Å². The number of imidazole rings is 1. The number of rotatable bonds is 3. The predicted octanol–water partition coefficient (Wildman–Crippen LogP) is 3.86. The summed E-state index contributed by atoms with van der Waals surface area (Å²) in [6.45, 7) is 0. The molecule has 0 bridgehead atoms. The Morgan fingerprint density at radius 3 is 2.71 bits per heavy atom. The Morgan fingerprint density at radius 1 is 1.19 bits per heavy atom. The molecular weight excluding hydrogens is 354 g/mol. The summed E-state index contributed by atoms with van der Waals surface area (Å²) in [6.07, 6.45) is 0. The number of halogens is 1. The van der Waals surface area contributed by atoms with Gasteiger partial charge in [0, 0.05) is 12.1 Å². The molecule has 1 aromatic carbocycles. The highest BCUT2D eigenvalue weighted by atomic mass is 79.9. The average molecular weight is 366 g/mol. The number of hydrogen-bond donors (Lipinski definition) is 1. The lowest BCUT2D eigenvalue weighted by Crippen LogP contribution is -1.98. The monoisotopic (exact) mass is 365 g/mol. The van der Waals surface area contributed by atoms with Crippen LogP contribution in [0.4, 0.5) is 0 Å². The average Bonchev–Trinajstić information content (AvgIpc) is 2.82. The zero-order valence-electron chi connectivity index (χ0n) is 11.4. The van der Waals surface area contributed by atoms with Crippen molar-refractivity contribution in [1.82, 2.24) is 14.5 Å². The van der Waals surface area contributed by atoms with Gasteiger partial charge in [0.15, 0.2) is 10.4 Å². The van der Waals surface area contributed by atoms with Gasteiger partial charge in [0.05, 0.1) is 29.9 Å². The summed E-state index contributed by atoms with van der Waals surface area (Å²) in [6, 6.07) is 9.43. The molecule has 0 aliphatic carbocycles.